The second kappa shape index (κ2) is 7.94. The van der Waals surface area contributed by atoms with E-state index in [-0.39, 0.29) is 0 Å². The molecule has 0 radical (unpaired) electrons. The molecule has 0 aromatic heterocycles. The zero-order valence-corrected chi connectivity index (χ0v) is 14.9. The highest BCUT2D eigenvalue weighted by atomic mass is 15.3. The number of hydrogen-bond acceptors (Lipinski definition) is 3. The van der Waals surface area contributed by atoms with Gasteiger partial charge in [-0.05, 0) is 44.3 Å². The monoisotopic (exact) mass is 295 g/mol. The van der Waals surface area contributed by atoms with E-state index in [1.807, 2.05) is 0 Å². The van der Waals surface area contributed by atoms with Crippen LogP contribution in [0.3, 0.4) is 0 Å². The summed E-state index contributed by atoms with van der Waals surface area (Å²) in [5.74, 6) is 0. The van der Waals surface area contributed by atoms with Crippen molar-refractivity contribution >= 4 is 0 Å². The standard InChI is InChI=1S/C18H37N3/c1-5-6-9-19-12-14-21(15-13-19)17-7-10-20(11-8-17)16-18(2,3)4/h17H,5-16H2,1-4H3. The lowest BCUT2D eigenvalue weighted by molar-refractivity contribution is 0.0508. The normalized spacial score (nSPS) is 24.6. The number of piperazine rings is 1. The molecule has 0 atom stereocenters. The largest absolute Gasteiger partial charge is 0.303 e. The fourth-order valence-electron chi connectivity index (χ4n) is 3.85. The van der Waals surface area contributed by atoms with Crippen molar-refractivity contribution in [3.8, 4) is 0 Å². The van der Waals surface area contributed by atoms with Crippen LogP contribution in [0.2, 0.25) is 0 Å². The zero-order valence-electron chi connectivity index (χ0n) is 14.9. The molecule has 3 heteroatoms. The predicted molar refractivity (Wildman–Crippen MR) is 91.8 cm³/mol. The Morgan fingerprint density at radius 3 is 2.00 bits per heavy atom. The molecule has 0 saturated carbocycles. The van der Waals surface area contributed by atoms with Gasteiger partial charge in [0.2, 0.25) is 0 Å². The van der Waals surface area contributed by atoms with Crippen LogP contribution in [0.4, 0.5) is 0 Å². The molecule has 2 heterocycles. The zero-order chi connectivity index (χ0) is 15.3. The van der Waals surface area contributed by atoms with Gasteiger partial charge in [0.15, 0.2) is 0 Å². The van der Waals surface area contributed by atoms with Crippen LogP contribution in [0.5, 0.6) is 0 Å². The molecular formula is C18H37N3. The maximum absolute atomic E-state index is 2.77. The summed E-state index contributed by atoms with van der Waals surface area (Å²) in [7, 11) is 0. The highest BCUT2D eigenvalue weighted by Crippen LogP contribution is 2.22. The first-order chi connectivity index (χ1) is 9.98. The Kier molecular flexibility index (Phi) is 6.51. The molecule has 3 nitrogen and oxygen atoms in total. The third-order valence-electron chi connectivity index (χ3n) is 5.01. The molecule has 0 spiro atoms. The highest BCUT2D eigenvalue weighted by molar-refractivity contribution is 4.84. The third-order valence-corrected chi connectivity index (χ3v) is 5.01. The molecule has 2 saturated heterocycles. The van der Waals surface area contributed by atoms with Crippen molar-refractivity contribution in [1.29, 1.82) is 0 Å². The minimum absolute atomic E-state index is 0.442. The molecule has 0 N–H and O–H groups in total. The lowest BCUT2D eigenvalue weighted by Crippen LogP contribution is -2.53. The third kappa shape index (κ3) is 5.88. The van der Waals surface area contributed by atoms with E-state index in [4.69, 9.17) is 0 Å². The number of unbranched alkanes of at least 4 members (excludes halogenated alkanes) is 1. The van der Waals surface area contributed by atoms with E-state index >= 15 is 0 Å². The molecular weight excluding hydrogens is 258 g/mol. The van der Waals surface area contributed by atoms with Gasteiger partial charge in [-0.2, -0.15) is 0 Å². The van der Waals surface area contributed by atoms with Crippen molar-refractivity contribution in [2.45, 2.75) is 59.4 Å². The summed E-state index contributed by atoms with van der Waals surface area (Å²) >= 11 is 0. The summed E-state index contributed by atoms with van der Waals surface area (Å²) in [5, 5.41) is 0. The van der Waals surface area contributed by atoms with Gasteiger partial charge in [0.05, 0.1) is 0 Å². The van der Waals surface area contributed by atoms with Gasteiger partial charge in [-0.15, -0.1) is 0 Å². The fraction of sp³-hybridized carbons (Fsp3) is 1.00. The molecule has 0 unspecified atom stereocenters. The van der Waals surface area contributed by atoms with Gasteiger partial charge in [-0.25, -0.2) is 0 Å². The second-order valence-corrected chi connectivity index (χ2v) is 8.30. The predicted octanol–water partition coefficient (Wildman–Crippen LogP) is 2.91. The molecule has 0 bridgehead atoms. The van der Waals surface area contributed by atoms with Crippen LogP contribution in [-0.4, -0.2) is 73.1 Å². The Hall–Kier alpha value is -0.120. The molecule has 2 aliphatic heterocycles. The SMILES string of the molecule is CCCCN1CCN(C2CCN(CC(C)(C)C)CC2)CC1. The molecule has 0 amide bonds. The van der Waals surface area contributed by atoms with Crippen LogP contribution < -0.4 is 0 Å². The van der Waals surface area contributed by atoms with Crippen molar-refractivity contribution in [3.05, 3.63) is 0 Å². The smallest absolute Gasteiger partial charge is 0.0121 e. The Labute approximate surface area is 132 Å². The van der Waals surface area contributed by atoms with Crippen LogP contribution in [0, 0.1) is 5.41 Å². The van der Waals surface area contributed by atoms with Crippen LogP contribution in [0.1, 0.15) is 53.4 Å². The average molecular weight is 296 g/mol. The molecule has 0 aromatic carbocycles. The summed E-state index contributed by atoms with van der Waals surface area (Å²) in [6.45, 7) is 19.7. The molecule has 2 rings (SSSR count). The van der Waals surface area contributed by atoms with E-state index in [2.05, 4.69) is 42.4 Å². The Bertz CT molecular complexity index is 281. The summed E-state index contributed by atoms with van der Waals surface area (Å²) in [6, 6.07) is 0.856. The average Bonchev–Trinajstić information content (AvgIpc) is 2.45. The van der Waals surface area contributed by atoms with Gasteiger partial charge in [0.25, 0.3) is 0 Å². The van der Waals surface area contributed by atoms with Gasteiger partial charge < -0.3 is 9.80 Å². The van der Waals surface area contributed by atoms with Crippen molar-refractivity contribution in [2.75, 3.05) is 52.4 Å². The van der Waals surface area contributed by atoms with Gasteiger partial charge in [-0.1, -0.05) is 34.1 Å². The van der Waals surface area contributed by atoms with Crippen molar-refractivity contribution in [2.24, 2.45) is 5.41 Å². The number of hydrogen-bond donors (Lipinski definition) is 0. The number of piperidine rings is 1. The summed E-state index contributed by atoms with van der Waals surface area (Å²) < 4.78 is 0. The van der Waals surface area contributed by atoms with Gasteiger partial charge in [-0.3, -0.25) is 4.90 Å². The van der Waals surface area contributed by atoms with Gasteiger partial charge >= 0.3 is 0 Å². The van der Waals surface area contributed by atoms with Crippen molar-refractivity contribution < 1.29 is 0 Å². The molecule has 0 aliphatic carbocycles. The first kappa shape index (κ1) is 17.2. The van der Waals surface area contributed by atoms with E-state index < -0.39 is 0 Å². The molecule has 2 fully saturated rings. The van der Waals surface area contributed by atoms with Crippen LogP contribution in [0.25, 0.3) is 0 Å². The topological polar surface area (TPSA) is 9.72 Å². The van der Waals surface area contributed by atoms with Crippen molar-refractivity contribution in [3.63, 3.8) is 0 Å². The van der Waals surface area contributed by atoms with E-state index in [0.29, 0.717) is 5.41 Å². The number of rotatable bonds is 5. The maximum Gasteiger partial charge on any atom is 0.0121 e. The maximum atomic E-state index is 2.77. The number of nitrogens with zero attached hydrogens (tertiary/aromatic N) is 3. The lowest BCUT2D eigenvalue weighted by Gasteiger charge is -2.43. The Morgan fingerprint density at radius 1 is 0.857 bits per heavy atom. The van der Waals surface area contributed by atoms with Crippen LogP contribution >= 0.6 is 0 Å². The lowest BCUT2D eigenvalue weighted by atomic mass is 9.94. The van der Waals surface area contributed by atoms with E-state index in [1.54, 1.807) is 0 Å². The van der Waals surface area contributed by atoms with Crippen LogP contribution in [0.15, 0.2) is 0 Å². The molecule has 2 aliphatic rings. The first-order valence-corrected chi connectivity index (χ1v) is 9.17. The van der Waals surface area contributed by atoms with Gasteiger partial charge in [0, 0.05) is 38.8 Å². The van der Waals surface area contributed by atoms with E-state index in [0.717, 1.165) is 6.04 Å². The summed E-state index contributed by atoms with van der Waals surface area (Å²) in [5.41, 5.74) is 0.442. The van der Waals surface area contributed by atoms with Crippen LogP contribution in [-0.2, 0) is 0 Å². The van der Waals surface area contributed by atoms with E-state index in [1.165, 1.54) is 78.0 Å². The summed E-state index contributed by atoms with van der Waals surface area (Å²) in [6.07, 6.45) is 5.45. The second-order valence-electron chi connectivity index (χ2n) is 8.30. The number of likely N-dealkylation sites (tertiary alicyclic amines) is 1. The minimum Gasteiger partial charge on any atom is -0.303 e. The molecule has 21 heavy (non-hydrogen) atoms. The fourth-order valence-corrected chi connectivity index (χ4v) is 3.85. The Morgan fingerprint density at radius 2 is 1.48 bits per heavy atom. The quantitative estimate of drug-likeness (QED) is 0.772. The van der Waals surface area contributed by atoms with Gasteiger partial charge in [0.1, 0.15) is 0 Å². The minimum atomic E-state index is 0.442. The van der Waals surface area contributed by atoms with Crippen molar-refractivity contribution in [1.82, 2.24) is 14.7 Å². The first-order valence-electron chi connectivity index (χ1n) is 9.17. The molecule has 0 aromatic rings. The summed E-state index contributed by atoms with van der Waals surface area (Å²) in [4.78, 5) is 8.11. The van der Waals surface area contributed by atoms with E-state index in [9.17, 15) is 0 Å². The molecule has 124 valence electrons. The highest BCUT2D eigenvalue weighted by Gasteiger charge is 2.28. The Balaban J connectivity index is 1.67.